The molecule has 2 heterocycles. The minimum atomic E-state index is -0.653. The fraction of sp³-hybridized carbons (Fsp3) is 0.952. The molecule has 0 aliphatic carbocycles. The van der Waals surface area contributed by atoms with Crippen LogP contribution in [0.5, 0.6) is 0 Å². The molecule has 0 aromatic carbocycles. The Hall–Kier alpha value is -0.220. The average molecular weight is 371 g/mol. The van der Waals surface area contributed by atoms with Gasteiger partial charge in [-0.2, -0.15) is 11.8 Å². The van der Waals surface area contributed by atoms with Crippen LogP contribution in [0, 0.1) is 11.8 Å². The van der Waals surface area contributed by atoms with Gasteiger partial charge in [-0.15, -0.1) is 0 Å². The van der Waals surface area contributed by atoms with Crippen molar-refractivity contribution in [3.63, 3.8) is 0 Å². The normalized spacial score (nSPS) is 27.9. The maximum absolute atomic E-state index is 10.6. The van der Waals surface area contributed by atoms with Crippen LogP contribution in [0.3, 0.4) is 0 Å². The second kappa shape index (κ2) is 12.2. The Balaban J connectivity index is 1.57. The second-order valence-corrected chi connectivity index (χ2v) is 9.41. The van der Waals surface area contributed by atoms with Crippen LogP contribution < -0.4 is 0 Å². The first-order valence-electron chi connectivity index (χ1n) is 10.7. The zero-order chi connectivity index (χ0) is 17.9. The predicted molar refractivity (Wildman–Crippen MR) is 106 cm³/mol. The molecule has 4 heteroatoms. The molecule has 0 amide bonds. The highest BCUT2D eigenvalue weighted by molar-refractivity contribution is 8.01. The third-order valence-electron chi connectivity index (χ3n) is 6.01. The van der Waals surface area contributed by atoms with Crippen molar-refractivity contribution in [2.24, 2.45) is 11.8 Å². The fourth-order valence-corrected chi connectivity index (χ4v) is 6.71. The largest absolute Gasteiger partial charge is 0.481 e. The van der Waals surface area contributed by atoms with Gasteiger partial charge in [0.1, 0.15) is 0 Å². The van der Waals surface area contributed by atoms with E-state index in [4.69, 9.17) is 9.84 Å². The van der Waals surface area contributed by atoms with E-state index < -0.39 is 5.97 Å². The van der Waals surface area contributed by atoms with Crippen LogP contribution >= 0.6 is 11.8 Å². The van der Waals surface area contributed by atoms with Gasteiger partial charge in [-0.1, -0.05) is 45.4 Å². The maximum atomic E-state index is 10.6. The number of carboxylic acid groups (broad SMARTS) is 1. The smallest absolute Gasteiger partial charge is 0.303 e. The lowest BCUT2D eigenvalue weighted by atomic mass is 9.75. The van der Waals surface area contributed by atoms with E-state index in [2.05, 4.69) is 18.7 Å². The van der Waals surface area contributed by atoms with Crippen LogP contribution in [0.15, 0.2) is 0 Å². The van der Waals surface area contributed by atoms with Gasteiger partial charge in [-0.25, -0.2) is 0 Å². The summed E-state index contributed by atoms with van der Waals surface area (Å²) in [5.74, 6) is 1.12. The number of ether oxygens (including phenoxy) is 1. The van der Waals surface area contributed by atoms with E-state index in [1.54, 1.807) is 0 Å². The van der Waals surface area contributed by atoms with Crippen LogP contribution in [0.4, 0.5) is 0 Å². The van der Waals surface area contributed by atoms with Gasteiger partial charge in [-0.3, -0.25) is 4.79 Å². The number of unbranched alkanes of at least 4 members (excludes halogenated alkanes) is 6. The van der Waals surface area contributed by atoms with E-state index in [1.807, 2.05) is 0 Å². The predicted octanol–water partition coefficient (Wildman–Crippen LogP) is 5.91. The maximum Gasteiger partial charge on any atom is 0.303 e. The summed E-state index contributed by atoms with van der Waals surface area (Å²) in [5, 5.41) is 10.5. The Morgan fingerprint density at radius 3 is 2.32 bits per heavy atom. The summed E-state index contributed by atoms with van der Waals surface area (Å²) in [6, 6.07) is 0. The molecule has 3 nitrogen and oxygen atoms in total. The molecule has 0 aromatic rings. The number of fused-ring (bicyclic) bond motifs is 2. The van der Waals surface area contributed by atoms with Crippen molar-refractivity contribution >= 4 is 17.7 Å². The lowest BCUT2D eigenvalue weighted by Crippen LogP contribution is -2.28. The monoisotopic (exact) mass is 370 g/mol. The quantitative estimate of drug-likeness (QED) is 0.364. The van der Waals surface area contributed by atoms with E-state index in [0.717, 1.165) is 48.4 Å². The number of aliphatic carboxylic acids is 1. The van der Waals surface area contributed by atoms with Crippen molar-refractivity contribution in [2.75, 3.05) is 13.2 Å². The summed E-state index contributed by atoms with van der Waals surface area (Å²) in [7, 11) is 0. The molecule has 4 unspecified atom stereocenters. The van der Waals surface area contributed by atoms with E-state index in [-0.39, 0.29) is 0 Å². The third kappa shape index (κ3) is 7.50. The van der Waals surface area contributed by atoms with Crippen molar-refractivity contribution < 1.29 is 14.6 Å². The topological polar surface area (TPSA) is 46.5 Å². The van der Waals surface area contributed by atoms with Gasteiger partial charge in [0.2, 0.25) is 0 Å². The molecule has 0 saturated carbocycles. The molecule has 1 N–H and O–H groups in total. The summed E-state index contributed by atoms with van der Waals surface area (Å²) in [6.07, 6.45) is 15.3. The van der Waals surface area contributed by atoms with E-state index in [1.165, 1.54) is 64.2 Å². The highest BCUT2D eigenvalue weighted by Crippen LogP contribution is 2.55. The minimum Gasteiger partial charge on any atom is -0.481 e. The number of hydrogen-bond donors (Lipinski definition) is 1. The summed E-state index contributed by atoms with van der Waals surface area (Å²) >= 11 is 2.26. The second-order valence-electron chi connectivity index (χ2n) is 7.93. The summed E-state index contributed by atoms with van der Waals surface area (Å²) in [6.45, 7) is 4.15. The van der Waals surface area contributed by atoms with Crippen molar-refractivity contribution in [1.29, 1.82) is 0 Å². The van der Waals surface area contributed by atoms with Crippen LogP contribution in [-0.2, 0) is 9.53 Å². The summed E-state index contributed by atoms with van der Waals surface area (Å²) < 4.78 is 5.91. The first-order chi connectivity index (χ1) is 12.2. The molecular weight excluding hydrogens is 332 g/mol. The molecule has 25 heavy (non-hydrogen) atoms. The Bertz CT molecular complexity index is 374. The number of carbonyl (C=O) groups is 1. The fourth-order valence-electron chi connectivity index (χ4n) is 4.63. The zero-order valence-electron chi connectivity index (χ0n) is 16.1. The number of thioether (sulfide) groups is 1. The minimum absolute atomic E-state index is 0.336. The van der Waals surface area contributed by atoms with Gasteiger partial charge in [0.25, 0.3) is 0 Å². The van der Waals surface area contributed by atoms with Crippen LogP contribution in [0.25, 0.3) is 0 Å². The van der Waals surface area contributed by atoms with Gasteiger partial charge in [0.05, 0.1) is 0 Å². The lowest BCUT2D eigenvalue weighted by molar-refractivity contribution is -0.137. The molecule has 2 rings (SSSR count). The van der Waals surface area contributed by atoms with Gasteiger partial charge >= 0.3 is 5.97 Å². The first kappa shape index (κ1) is 21.1. The number of rotatable bonds is 15. The molecule has 4 atom stereocenters. The Morgan fingerprint density at radius 1 is 0.920 bits per heavy atom. The first-order valence-corrected chi connectivity index (χ1v) is 11.6. The van der Waals surface area contributed by atoms with E-state index in [9.17, 15) is 4.79 Å². The van der Waals surface area contributed by atoms with Crippen molar-refractivity contribution in [2.45, 2.75) is 101 Å². The van der Waals surface area contributed by atoms with Gasteiger partial charge < -0.3 is 9.84 Å². The van der Waals surface area contributed by atoms with Crippen LogP contribution in [0.1, 0.15) is 90.4 Å². The van der Waals surface area contributed by atoms with Crippen LogP contribution in [0.2, 0.25) is 0 Å². The standard InChI is InChI=1S/C21H38O3S/c1-2-3-4-9-15-24-16-14-18-17(19-12-13-20(18)25-19)10-7-5-6-8-11-21(22)23/h17-20H,2-16H2,1H3,(H,22,23). The molecule has 2 saturated heterocycles. The molecule has 0 spiro atoms. The molecule has 2 bridgehead atoms. The SMILES string of the molecule is CCCCCCOCCC1C2CCC(S2)C1CCCCCCC(=O)O. The van der Waals surface area contributed by atoms with Crippen molar-refractivity contribution in [3.8, 4) is 0 Å². The van der Waals surface area contributed by atoms with E-state index in [0.29, 0.717) is 6.42 Å². The number of hydrogen-bond acceptors (Lipinski definition) is 3. The molecule has 146 valence electrons. The third-order valence-corrected chi connectivity index (χ3v) is 7.88. The molecule has 0 aromatic heterocycles. The van der Waals surface area contributed by atoms with Gasteiger partial charge in [-0.05, 0) is 50.4 Å². The molecule has 2 fully saturated rings. The van der Waals surface area contributed by atoms with E-state index >= 15 is 0 Å². The molecule has 2 aliphatic rings. The highest BCUT2D eigenvalue weighted by atomic mass is 32.2. The van der Waals surface area contributed by atoms with Gasteiger partial charge in [0, 0.05) is 30.1 Å². The Kier molecular flexibility index (Phi) is 10.3. The molecule has 0 radical (unpaired) electrons. The Labute approximate surface area is 158 Å². The molecular formula is C21H38O3S. The van der Waals surface area contributed by atoms with Gasteiger partial charge in [0.15, 0.2) is 0 Å². The summed E-state index contributed by atoms with van der Waals surface area (Å²) in [5.41, 5.74) is 0. The zero-order valence-corrected chi connectivity index (χ0v) is 16.9. The van der Waals surface area contributed by atoms with Crippen molar-refractivity contribution in [1.82, 2.24) is 0 Å². The average Bonchev–Trinajstić information content (AvgIpc) is 3.19. The number of carboxylic acids is 1. The lowest BCUT2D eigenvalue weighted by Gasteiger charge is -2.30. The Morgan fingerprint density at radius 2 is 1.60 bits per heavy atom. The highest BCUT2D eigenvalue weighted by Gasteiger charge is 2.47. The van der Waals surface area contributed by atoms with Crippen LogP contribution in [-0.4, -0.2) is 34.8 Å². The summed E-state index contributed by atoms with van der Waals surface area (Å²) in [4.78, 5) is 10.6. The van der Waals surface area contributed by atoms with Crippen molar-refractivity contribution in [3.05, 3.63) is 0 Å². The molecule has 2 aliphatic heterocycles.